The first-order valence-electron chi connectivity index (χ1n) is 7.24. The highest BCUT2D eigenvalue weighted by atomic mass is 35.5. The standard InChI is InChI=1S/C15H16Cl2N4O3/c1-3-7-20(8-12(22)23)15(24)14-18-9(2)21(19-14)13-10(16)5-4-6-11(13)17/h4-6H,3,7-8H2,1-2H3,(H,22,23). The molecule has 2 aromatic rings. The van der Waals surface area contributed by atoms with Crippen LogP contribution in [0.15, 0.2) is 18.2 Å². The number of aliphatic carboxylic acids is 1. The van der Waals surface area contributed by atoms with Gasteiger partial charge in [0.1, 0.15) is 18.1 Å². The Kier molecular flexibility index (Phi) is 5.80. The quantitative estimate of drug-likeness (QED) is 0.844. The number of carbonyl (C=O) groups is 2. The normalized spacial score (nSPS) is 10.7. The van der Waals surface area contributed by atoms with Crippen molar-refractivity contribution >= 4 is 35.1 Å². The molecule has 0 fully saturated rings. The maximum atomic E-state index is 12.5. The summed E-state index contributed by atoms with van der Waals surface area (Å²) < 4.78 is 1.38. The average molecular weight is 371 g/mol. The van der Waals surface area contributed by atoms with E-state index in [1.54, 1.807) is 25.1 Å². The molecule has 1 amide bonds. The van der Waals surface area contributed by atoms with Crippen molar-refractivity contribution in [2.24, 2.45) is 0 Å². The molecule has 0 atom stereocenters. The third-order valence-corrected chi connectivity index (χ3v) is 3.83. The molecule has 0 bridgehead atoms. The Balaban J connectivity index is 2.40. The Morgan fingerprint density at radius 3 is 2.46 bits per heavy atom. The zero-order valence-corrected chi connectivity index (χ0v) is 14.7. The summed E-state index contributed by atoms with van der Waals surface area (Å²) in [5.74, 6) is -1.33. The van der Waals surface area contributed by atoms with Gasteiger partial charge in [0.15, 0.2) is 0 Å². The van der Waals surface area contributed by atoms with Crippen LogP contribution in [-0.4, -0.2) is 49.7 Å². The summed E-state index contributed by atoms with van der Waals surface area (Å²) in [6, 6.07) is 5.00. The second kappa shape index (κ2) is 7.63. The third-order valence-electron chi connectivity index (χ3n) is 3.22. The van der Waals surface area contributed by atoms with Crippen molar-refractivity contribution in [1.82, 2.24) is 19.7 Å². The summed E-state index contributed by atoms with van der Waals surface area (Å²) in [5, 5.41) is 13.8. The molecule has 24 heavy (non-hydrogen) atoms. The van der Waals surface area contributed by atoms with Gasteiger partial charge in [-0.25, -0.2) is 9.67 Å². The Hall–Kier alpha value is -2.12. The fourth-order valence-electron chi connectivity index (χ4n) is 2.21. The van der Waals surface area contributed by atoms with Crippen LogP contribution in [0.1, 0.15) is 29.8 Å². The molecule has 128 valence electrons. The topological polar surface area (TPSA) is 88.3 Å². The van der Waals surface area contributed by atoms with E-state index in [0.717, 1.165) is 0 Å². The molecule has 7 nitrogen and oxygen atoms in total. The Morgan fingerprint density at radius 1 is 1.29 bits per heavy atom. The van der Waals surface area contributed by atoms with Crippen LogP contribution in [0.5, 0.6) is 0 Å². The molecular weight excluding hydrogens is 355 g/mol. The minimum atomic E-state index is -1.10. The summed E-state index contributed by atoms with van der Waals surface area (Å²) in [7, 11) is 0. The van der Waals surface area contributed by atoms with Gasteiger partial charge in [0.05, 0.1) is 10.0 Å². The summed E-state index contributed by atoms with van der Waals surface area (Å²) in [6.45, 7) is 3.40. The molecule has 1 aromatic heterocycles. The minimum absolute atomic E-state index is 0.0989. The molecular formula is C15H16Cl2N4O3. The number of carboxylic acid groups (broad SMARTS) is 1. The average Bonchev–Trinajstić information content (AvgIpc) is 2.87. The van der Waals surface area contributed by atoms with E-state index in [4.69, 9.17) is 28.3 Å². The van der Waals surface area contributed by atoms with Crippen LogP contribution in [0.25, 0.3) is 5.69 Å². The molecule has 0 aliphatic heterocycles. The van der Waals surface area contributed by atoms with Crippen LogP contribution in [0.4, 0.5) is 0 Å². The Morgan fingerprint density at radius 2 is 1.92 bits per heavy atom. The van der Waals surface area contributed by atoms with Gasteiger partial charge in [-0.15, -0.1) is 5.10 Å². The number of halogens is 2. The zero-order valence-electron chi connectivity index (χ0n) is 13.2. The molecule has 1 heterocycles. The highest BCUT2D eigenvalue weighted by molar-refractivity contribution is 6.37. The monoisotopic (exact) mass is 370 g/mol. The lowest BCUT2D eigenvalue weighted by Crippen LogP contribution is -2.36. The van der Waals surface area contributed by atoms with Gasteiger partial charge in [-0.1, -0.05) is 36.2 Å². The number of nitrogens with zero attached hydrogens (tertiary/aromatic N) is 4. The van der Waals surface area contributed by atoms with Crippen molar-refractivity contribution in [3.63, 3.8) is 0 Å². The molecule has 0 aliphatic carbocycles. The number of aryl methyl sites for hydroxylation is 1. The highest BCUT2D eigenvalue weighted by Gasteiger charge is 2.24. The van der Waals surface area contributed by atoms with Gasteiger partial charge in [0.2, 0.25) is 5.82 Å². The predicted octanol–water partition coefficient (Wildman–Crippen LogP) is 2.82. The maximum absolute atomic E-state index is 12.5. The third kappa shape index (κ3) is 3.85. The van der Waals surface area contributed by atoms with Gasteiger partial charge < -0.3 is 10.0 Å². The second-order valence-electron chi connectivity index (χ2n) is 5.09. The van der Waals surface area contributed by atoms with Crippen LogP contribution in [-0.2, 0) is 4.79 Å². The maximum Gasteiger partial charge on any atom is 0.323 e. The molecule has 0 spiro atoms. The number of carbonyl (C=O) groups excluding carboxylic acids is 1. The lowest BCUT2D eigenvalue weighted by Gasteiger charge is -2.17. The first-order valence-corrected chi connectivity index (χ1v) is 7.99. The van der Waals surface area contributed by atoms with Crippen LogP contribution >= 0.6 is 23.2 Å². The van der Waals surface area contributed by atoms with Gasteiger partial charge in [-0.2, -0.15) is 0 Å². The molecule has 1 N–H and O–H groups in total. The van der Waals surface area contributed by atoms with Crippen LogP contribution in [0, 0.1) is 6.92 Å². The van der Waals surface area contributed by atoms with E-state index in [1.165, 1.54) is 9.58 Å². The first-order chi connectivity index (χ1) is 11.3. The van der Waals surface area contributed by atoms with E-state index in [9.17, 15) is 9.59 Å². The van der Waals surface area contributed by atoms with E-state index in [0.29, 0.717) is 34.5 Å². The largest absolute Gasteiger partial charge is 0.480 e. The number of para-hydroxylation sites is 1. The fraction of sp³-hybridized carbons (Fsp3) is 0.333. The van der Waals surface area contributed by atoms with E-state index >= 15 is 0 Å². The fourth-order valence-corrected chi connectivity index (χ4v) is 2.77. The lowest BCUT2D eigenvalue weighted by atomic mass is 10.3. The molecule has 0 unspecified atom stereocenters. The summed E-state index contributed by atoms with van der Waals surface area (Å²) in [4.78, 5) is 28.7. The second-order valence-corrected chi connectivity index (χ2v) is 5.90. The van der Waals surface area contributed by atoms with Crippen LogP contribution in [0.3, 0.4) is 0 Å². The predicted molar refractivity (Wildman–Crippen MR) is 89.9 cm³/mol. The van der Waals surface area contributed by atoms with Gasteiger partial charge >= 0.3 is 5.97 Å². The van der Waals surface area contributed by atoms with Gasteiger partial charge in [0.25, 0.3) is 5.91 Å². The van der Waals surface area contributed by atoms with Crippen molar-refractivity contribution in [3.8, 4) is 5.69 Å². The van der Waals surface area contributed by atoms with E-state index in [1.807, 2.05) is 6.92 Å². The molecule has 1 aromatic carbocycles. The van der Waals surface area contributed by atoms with Crippen molar-refractivity contribution in [2.45, 2.75) is 20.3 Å². The van der Waals surface area contributed by atoms with Crippen molar-refractivity contribution in [1.29, 1.82) is 0 Å². The lowest BCUT2D eigenvalue weighted by molar-refractivity contribution is -0.137. The minimum Gasteiger partial charge on any atom is -0.480 e. The SMILES string of the molecule is CCCN(CC(=O)O)C(=O)c1nc(C)n(-c2c(Cl)cccc2Cl)n1. The number of rotatable bonds is 6. The van der Waals surface area contributed by atoms with Crippen molar-refractivity contribution < 1.29 is 14.7 Å². The number of aromatic nitrogens is 3. The number of amides is 1. The number of hydrogen-bond donors (Lipinski definition) is 1. The number of benzene rings is 1. The smallest absolute Gasteiger partial charge is 0.323 e. The summed E-state index contributed by atoms with van der Waals surface area (Å²) >= 11 is 12.3. The molecule has 0 aliphatic rings. The van der Waals surface area contributed by atoms with E-state index < -0.39 is 18.4 Å². The van der Waals surface area contributed by atoms with Gasteiger partial charge in [-0.05, 0) is 25.5 Å². The summed E-state index contributed by atoms with van der Waals surface area (Å²) in [6.07, 6.45) is 0.620. The molecule has 0 radical (unpaired) electrons. The number of carboxylic acids is 1. The highest BCUT2D eigenvalue weighted by Crippen LogP contribution is 2.28. The van der Waals surface area contributed by atoms with Crippen molar-refractivity contribution in [2.75, 3.05) is 13.1 Å². The molecule has 9 heteroatoms. The zero-order chi connectivity index (χ0) is 17.9. The van der Waals surface area contributed by atoms with E-state index in [2.05, 4.69) is 10.1 Å². The Labute approximate surface area is 148 Å². The molecule has 0 saturated heterocycles. The van der Waals surface area contributed by atoms with Gasteiger partial charge in [0, 0.05) is 6.54 Å². The van der Waals surface area contributed by atoms with Crippen LogP contribution < -0.4 is 0 Å². The van der Waals surface area contributed by atoms with Gasteiger partial charge in [-0.3, -0.25) is 9.59 Å². The van der Waals surface area contributed by atoms with E-state index in [-0.39, 0.29) is 5.82 Å². The molecule has 0 saturated carbocycles. The first kappa shape index (κ1) is 18.2. The summed E-state index contributed by atoms with van der Waals surface area (Å²) in [5.41, 5.74) is 0.421. The Bertz CT molecular complexity index is 756. The van der Waals surface area contributed by atoms with Crippen LogP contribution in [0.2, 0.25) is 10.0 Å². The number of hydrogen-bond acceptors (Lipinski definition) is 4. The molecule has 2 rings (SSSR count). The van der Waals surface area contributed by atoms with Crippen molar-refractivity contribution in [3.05, 3.63) is 39.9 Å².